The molecule has 1 aromatic carbocycles. The molecule has 4 aliphatic rings. The Bertz CT molecular complexity index is 1670. The average molecular weight is 757 g/mol. The summed E-state index contributed by atoms with van der Waals surface area (Å²) in [5.41, 5.74) is -0.701. The van der Waals surface area contributed by atoms with Gasteiger partial charge in [0.1, 0.15) is 24.7 Å². The highest BCUT2D eigenvalue weighted by atomic mass is 19.4. The van der Waals surface area contributed by atoms with Crippen LogP contribution >= 0.6 is 0 Å². The molecule has 294 valence electrons. The molecule has 11 atom stereocenters. The lowest BCUT2D eigenvalue weighted by Gasteiger charge is -2.65. The number of esters is 4. The molecule has 0 spiro atoms. The van der Waals surface area contributed by atoms with Crippen LogP contribution in [0.25, 0.3) is 0 Å². The number of nitrogens with zero attached hydrogens (tertiary/aromatic N) is 2. The smallest absolute Gasteiger partial charge is 0.469 e. The minimum Gasteiger partial charge on any atom is -0.469 e. The van der Waals surface area contributed by atoms with E-state index in [4.69, 9.17) is 14.2 Å². The normalized spacial score (nSPS) is 34.9. The highest BCUT2D eigenvalue weighted by Crippen LogP contribution is 2.71. The van der Waals surface area contributed by atoms with Gasteiger partial charge in [-0.15, -0.1) is 0 Å². The first-order valence-corrected chi connectivity index (χ1v) is 18.9. The maximum Gasteiger partial charge on any atom is 0.490 e. The zero-order valence-corrected chi connectivity index (χ0v) is 31.9. The van der Waals surface area contributed by atoms with Crippen LogP contribution in [0.1, 0.15) is 104 Å². The fourth-order valence-electron chi connectivity index (χ4n) is 11.6. The molecule has 5 rings (SSSR count). The number of hydrogen-bond acceptors (Lipinski definition) is 10. The Labute approximate surface area is 315 Å². The van der Waals surface area contributed by atoms with Gasteiger partial charge in [0.15, 0.2) is 0 Å². The number of carbonyl (C=O) groups excluding carboxylic acids is 4. The maximum absolute atomic E-state index is 12.8. The highest BCUT2D eigenvalue weighted by Gasteiger charge is 2.68. The molecule has 4 fully saturated rings. The largest absolute Gasteiger partial charge is 0.490 e. The van der Waals surface area contributed by atoms with Gasteiger partial charge in [-0.1, -0.05) is 45.0 Å². The molecule has 4 saturated carbocycles. The number of fused-ring (bicyclic) bond motifs is 5. The van der Waals surface area contributed by atoms with Crippen LogP contribution in [0.3, 0.4) is 0 Å². The molecule has 0 unspecified atom stereocenters. The molecule has 1 aromatic rings. The van der Waals surface area contributed by atoms with Gasteiger partial charge in [0.05, 0.1) is 19.2 Å². The van der Waals surface area contributed by atoms with Gasteiger partial charge in [-0.3, -0.25) is 14.4 Å². The van der Waals surface area contributed by atoms with Crippen LogP contribution in [0.4, 0.5) is 13.2 Å². The molecule has 0 heterocycles. The zero-order chi connectivity index (χ0) is 39.8. The van der Waals surface area contributed by atoms with E-state index < -0.39 is 53.7 Å². The predicted molar refractivity (Wildman–Crippen MR) is 186 cm³/mol. The fourth-order valence-corrected chi connectivity index (χ4v) is 11.6. The van der Waals surface area contributed by atoms with Gasteiger partial charge in [0, 0.05) is 37.0 Å². The molecule has 0 saturated heterocycles. The number of halogens is 3. The van der Waals surface area contributed by atoms with Crippen molar-refractivity contribution in [1.82, 2.24) is 0 Å². The lowest BCUT2D eigenvalue weighted by atomic mass is 9.40. The fraction of sp³-hybridized carbons (Fsp3) is 0.707. The predicted octanol–water partition coefficient (Wildman–Crippen LogP) is 7.52. The number of benzene rings is 1. The van der Waals surface area contributed by atoms with E-state index in [1.54, 1.807) is 24.3 Å². The number of carbonyl (C=O) groups is 4. The number of nitriles is 2. The van der Waals surface area contributed by atoms with Crippen LogP contribution in [0.5, 0.6) is 0 Å². The third kappa shape index (κ3) is 7.44. The lowest BCUT2D eigenvalue weighted by molar-refractivity contribution is -0.223. The summed E-state index contributed by atoms with van der Waals surface area (Å²) in [5.74, 6) is -4.18. The summed E-state index contributed by atoms with van der Waals surface area (Å²) in [7, 11) is 1.38. The topological polar surface area (TPSA) is 153 Å². The highest BCUT2D eigenvalue weighted by molar-refractivity contribution is 5.75. The van der Waals surface area contributed by atoms with E-state index in [9.17, 15) is 42.9 Å². The molecule has 0 aromatic heterocycles. The van der Waals surface area contributed by atoms with Gasteiger partial charge in [0.25, 0.3) is 0 Å². The van der Waals surface area contributed by atoms with Crippen LogP contribution < -0.4 is 0 Å². The van der Waals surface area contributed by atoms with Crippen molar-refractivity contribution >= 4 is 23.9 Å². The van der Waals surface area contributed by atoms with Gasteiger partial charge in [-0.05, 0) is 97.5 Å². The van der Waals surface area contributed by atoms with Gasteiger partial charge in [0.2, 0.25) is 0 Å². The van der Waals surface area contributed by atoms with Crippen molar-refractivity contribution in [2.45, 2.75) is 123 Å². The Morgan fingerprint density at radius 3 is 2.17 bits per heavy atom. The third-order valence-electron chi connectivity index (χ3n) is 14.2. The second-order valence-electron chi connectivity index (χ2n) is 16.7. The summed E-state index contributed by atoms with van der Waals surface area (Å²) in [6.07, 6.45) is -0.749. The summed E-state index contributed by atoms with van der Waals surface area (Å²) < 4.78 is 60.0. The molecule has 0 amide bonds. The lowest BCUT2D eigenvalue weighted by Crippen LogP contribution is -2.64. The second-order valence-corrected chi connectivity index (χ2v) is 16.7. The SMILES string of the molecule is COC(=O)CC[C@@H](C)[C@H]1CC[C@H]2[C@@H]3[C@H](OC(C)=O)C[C@@H]4C[C@@](c5ccc(COC(=O)C(F)(F)F)cc5)(C(C#N)C#N)CC[C@]4(C)[C@H]3C[C@H](OC(C)=O)[C@]12C. The first kappa shape index (κ1) is 41.0. The summed E-state index contributed by atoms with van der Waals surface area (Å²) in [5, 5.41) is 20.6. The zero-order valence-electron chi connectivity index (χ0n) is 31.9. The van der Waals surface area contributed by atoms with E-state index in [2.05, 4.69) is 37.6 Å². The number of alkyl halides is 3. The van der Waals surface area contributed by atoms with Crippen LogP contribution in [0.2, 0.25) is 0 Å². The first-order chi connectivity index (χ1) is 25.3. The number of methoxy groups -OCH3 is 1. The second kappa shape index (κ2) is 15.5. The number of ether oxygens (including phenoxy) is 4. The van der Waals surface area contributed by atoms with E-state index in [-0.39, 0.29) is 59.3 Å². The Hall–Kier alpha value is -4.13. The van der Waals surface area contributed by atoms with Crippen molar-refractivity contribution < 1.29 is 51.3 Å². The average Bonchev–Trinajstić information content (AvgIpc) is 3.48. The summed E-state index contributed by atoms with van der Waals surface area (Å²) >= 11 is 0. The van der Waals surface area contributed by atoms with Crippen molar-refractivity contribution in [1.29, 1.82) is 10.5 Å². The van der Waals surface area contributed by atoms with E-state index in [1.807, 2.05) is 0 Å². The quantitative estimate of drug-likeness (QED) is 0.173. The van der Waals surface area contributed by atoms with E-state index >= 15 is 0 Å². The molecule has 4 aliphatic carbocycles. The van der Waals surface area contributed by atoms with Crippen LogP contribution in [0, 0.1) is 74.9 Å². The van der Waals surface area contributed by atoms with Gasteiger partial charge < -0.3 is 18.9 Å². The molecule has 13 heteroatoms. The standard InChI is InChI=1S/C41H51F3N2O8/c1-23(7-14-35(49)51-6)30-12-13-31-36-32(18-34(39(30,31)5)54-25(3)48)38(4)15-16-40(29(20-45)21-46,19-28(38)17-33(36)53-24(2)47)27-10-8-26(9-11-27)22-52-37(50)41(42,43)44/h8-11,23,28-34,36H,7,12-19,22H2,1-6H3/t23-,28-,30-,31+,32+,33-,34+,36+,38+,39-,40+/m1/s1. The van der Waals surface area contributed by atoms with Crippen LogP contribution in [-0.4, -0.2) is 49.4 Å². The molecule has 0 N–H and O–H groups in total. The number of rotatable bonds is 10. The Balaban J connectivity index is 1.51. The Morgan fingerprint density at radius 1 is 0.944 bits per heavy atom. The molecule has 0 bridgehead atoms. The third-order valence-corrected chi connectivity index (χ3v) is 14.2. The summed E-state index contributed by atoms with van der Waals surface area (Å²) in [6.45, 7) is 8.83. The first-order valence-electron chi connectivity index (χ1n) is 18.9. The van der Waals surface area contributed by atoms with Crippen molar-refractivity contribution in [3.8, 4) is 12.1 Å². The molecular weight excluding hydrogens is 705 g/mol. The molecular formula is C41H51F3N2O8. The minimum absolute atomic E-state index is 0.0153. The van der Waals surface area contributed by atoms with E-state index in [0.29, 0.717) is 49.7 Å². The van der Waals surface area contributed by atoms with Crippen LogP contribution in [-0.2, 0) is 50.1 Å². The molecule has 0 aliphatic heterocycles. The molecule has 0 radical (unpaired) electrons. The van der Waals surface area contributed by atoms with Gasteiger partial charge in [-0.2, -0.15) is 23.7 Å². The van der Waals surface area contributed by atoms with Crippen molar-refractivity contribution in [3.05, 3.63) is 35.4 Å². The van der Waals surface area contributed by atoms with Gasteiger partial charge in [-0.25, -0.2) is 4.79 Å². The molecule has 54 heavy (non-hydrogen) atoms. The Morgan fingerprint density at radius 2 is 1.59 bits per heavy atom. The minimum atomic E-state index is -5.12. The monoisotopic (exact) mass is 756 g/mol. The van der Waals surface area contributed by atoms with Crippen molar-refractivity contribution in [3.63, 3.8) is 0 Å². The summed E-state index contributed by atoms with van der Waals surface area (Å²) in [4.78, 5) is 48.9. The Kier molecular flexibility index (Phi) is 11.8. The number of hydrogen-bond donors (Lipinski definition) is 0. The van der Waals surface area contributed by atoms with Crippen molar-refractivity contribution in [2.24, 2.45) is 52.3 Å². The maximum atomic E-state index is 12.8. The van der Waals surface area contributed by atoms with E-state index in [1.165, 1.54) is 21.0 Å². The molecule has 10 nitrogen and oxygen atoms in total. The van der Waals surface area contributed by atoms with Crippen molar-refractivity contribution in [2.75, 3.05) is 7.11 Å². The van der Waals surface area contributed by atoms with E-state index in [0.717, 1.165) is 12.8 Å². The van der Waals surface area contributed by atoms with Gasteiger partial charge >= 0.3 is 30.1 Å². The summed E-state index contributed by atoms with van der Waals surface area (Å²) in [6, 6.07) is 10.9. The van der Waals surface area contributed by atoms with Crippen LogP contribution in [0.15, 0.2) is 24.3 Å².